The number of aromatic nitrogens is 1. The van der Waals surface area contributed by atoms with E-state index in [1.807, 2.05) is 30.3 Å². The van der Waals surface area contributed by atoms with Crippen LogP contribution in [0.25, 0.3) is 10.9 Å². The number of rotatable bonds is 1. The summed E-state index contributed by atoms with van der Waals surface area (Å²) >= 11 is 0. The number of aromatic amines is 1. The Morgan fingerprint density at radius 3 is 2.81 bits per heavy atom. The van der Waals surface area contributed by atoms with Crippen molar-refractivity contribution in [2.24, 2.45) is 0 Å². The fraction of sp³-hybridized carbons (Fsp3) is 0.0833. The third-order valence-electron chi connectivity index (χ3n) is 2.82. The van der Waals surface area contributed by atoms with Gasteiger partial charge in [-0.05, 0) is 23.6 Å². The second-order valence-corrected chi connectivity index (χ2v) is 3.79. The van der Waals surface area contributed by atoms with Crippen molar-refractivity contribution < 1.29 is 0 Å². The number of H-pyrrole nitrogens is 1. The lowest BCUT2D eigenvalue weighted by atomic mass is 9.99. The van der Waals surface area contributed by atoms with Crippen LogP contribution in [0.4, 0.5) is 0 Å². The van der Waals surface area contributed by atoms with E-state index in [-0.39, 0.29) is 0 Å². The third kappa shape index (κ3) is 1.12. The summed E-state index contributed by atoms with van der Waals surface area (Å²) in [7, 11) is 0. The van der Waals surface area contributed by atoms with E-state index < -0.39 is 5.54 Å². The third-order valence-corrected chi connectivity index (χ3v) is 2.82. The fourth-order valence-corrected chi connectivity index (χ4v) is 1.93. The topological polar surface area (TPSA) is 63.6 Å². The predicted octanol–water partition coefficient (Wildman–Crippen LogP) is 1.51. The second kappa shape index (κ2) is 3.12. The molecule has 0 fully saturated rings. The minimum atomic E-state index is -0.793. The average molecular weight is 210 g/mol. The summed E-state index contributed by atoms with van der Waals surface area (Å²) < 4.78 is 0. The minimum Gasteiger partial charge on any atom is -0.356 e. The number of nitriles is 1. The summed E-state index contributed by atoms with van der Waals surface area (Å²) in [4.78, 5) is 3.25. The molecule has 0 amide bonds. The van der Waals surface area contributed by atoms with Gasteiger partial charge < -0.3 is 10.4 Å². The molecule has 78 valence electrons. The lowest BCUT2D eigenvalue weighted by Gasteiger charge is -2.16. The van der Waals surface area contributed by atoms with Crippen molar-refractivity contribution in [3.63, 3.8) is 0 Å². The van der Waals surface area contributed by atoms with Crippen LogP contribution in [0.15, 0.2) is 42.6 Å². The van der Waals surface area contributed by atoms with Gasteiger partial charge in [0.05, 0.1) is 11.8 Å². The molecule has 0 saturated heterocycles. The molecule has 16 heavy (non-hydrogen) atoms. The molecule has 1 atom stereocenters. The fourth-order valence-electron chi connectivity index (χ4n) is 1.93. The van der Waals surface area contributed by atoms with Crippen molar-refractivity contribution in [3.05, 3.63) is 48.3 Å². The van der Waals surface area contributed by atoms with Gasteiger partial charge in [-0.25, -0.2) is 5.43 Å². The highest BCUT2D eigenvalue weighted by atomic mass is 15.4. The molecule has 0 aliphatic carbocycles. The Balaban J connectivity index is 2.19. The Labute approximate surface area is 92.5 Å². The van der Waals surface area contributed by atoms with E-state index in [2.05, 4.69) is 21.9 Å². The molecule has 2 heterocycles. The van der Waals surface area contributed by atoms with Crippen LogP contribution < -0.4 is 10.9 Å². The highest BCUT2D eigenvalue weighted by molar-refractivity contribution is 5.81. The van der Waals surface area contributed by atoms with Gasteiger partial charge >= 0.3 is 0 Å². The Bertz CT molecular complexity index is 572. The van der Waals surface area contributed by atoms with E-state index in [0.29, 0.717) is 0 Å². The average Bonchev–Trinajstić information content (AvgIpc) is 2.96. The SMILES string of the molecule is N#CC1(c2cc3ccccc3[nH]2)C=CNN1. The van der Waals surface area contributed by atoms with Gasteiger partial charge in [0.15, 0.2) is 5.54 Å². The summed E-state index contributed by atoms with van der Waals surface area (Å²) in [6.07, 6.45) is 3.53. The van der Waals surface area contributed by atoms with Gasteiger partial charge in [0.1, 0.15) is 0 Å². The zero-order valence-electron chi connectivity index (χ0n) is 8.49. The van der Waals surface area contributed by atoms with Crippen LogP contribution in [-0.4, -0.2) is 4.98 Å². The number of para-hydroxylation sites is 1. The van der Waals surface area contributed by atoms with Crippen LogP contribution in [0.2, 0.25) is 0 Å². The van der Waals surface area contributed by atoms with Crippen molar-refractivity contribution in [2.75, 3.05) is 0 Å². The van der Waals surface area contributed by atoms with Gasteiger partial charge in [0, 0.05) is 11.7 Å². The largest absolute Gasteiger partial charge is 0.356 e. The number of hydrogen-bond donors (Lipinski definition) is 3. The van der Waals surface area contributed by atoms with Gasteiger partial charge in [-0.3, -0.25) is 0 Å². The van der Waals surface area contributed by atoms with E-state index in [1.165, 1.54) is 0 Å². The molecule has 2 aromatic rings. The number of hydrogen-bond acceptors (Lipinski definition) is 3. The quantitative estimate of drug-likeness (QED) is 0.668. The molecule has 1 aliphatic heterocycles. The van der Waals surface area contributed by atoms with E-state index >= 15 is 0 Å². The van der Waals surface area contributed by atoms with Crippen molar-refractivity contribution in [2.45, 2.75) is 5.54 Å². The highest BCUT2D eigenvalue weighted by Crippen LogP contribution is 2.26. The number of fused-ring (bicyclic) bond motifs is 1. The number of nitrogens with zero attached hydrogens (tertiary/aromatic N) is 1. The van der Waals surface area contributed by atoms with Gasteiger partial charge in [-0.2, -0.15) is 5.26 Å². The van der Waals surface area contributed by atoms with Crippen molar-refractivity contribution in [3.8, 4) is 6.07 Å². The molecule has 1 aromatic carbocycles. The van der Waals surface area contributed by atoms with Crippen LogP contribution >= 0.6 is 0 Å². The molecule has 3 N–H and O–H groups in total. The van der Waals surface area contributed by atoms with E-state index in [1.54, 1.807) is 12.3 Å². The van der Waals surface area contributed by atoms with Crippen LogP contribution in [0, 0.1) is 11.3 Å². The molecule has 1 unspecified atom stereocenters. The Morgan fingerprint density at radius 2 is 2.12 bits per heavy atom. The zero-order chi connectivity index (χ0) is 11.0. The van der Waals surface area contributed by atoms with Gasteiger partial charge in [-0.15, -0.1) is 0 Å². The van der Waals surface area contributed by atoms with E-state index in [9.17, 15) is 5.26 Å². The molecule has 4 heteroatoms. The maximum atomic E-state index is 9.27. The molecular formula is C12H10N4. The summed E-state index contributed by atoms with van der Waals surface area (Å²) in [6, 6.07) is 12.2. The maximum Gasteiger partial charge on any atom is 0.183 e. The predicted molar refractivity (Wildman–Crippen MR) is 61.0 cm³/mol. The molecule has 0 radical (unpaired) electrons. The lowest BCUT2D eigenvalue weighted by Crippen LogP contribution is -2.40. The smallest absolute Gasteiger partial charge is 0.183 e. The van der Waals surface area contributed by atoms with E-state index in [0.717, 1.165) is 16.6 Å². The monoisotopic (exact) mass is 210 g/mol. The van der Waals surface area contributed by atoms with Crippen molar-refractivity contribution in [1.29, 1.82) is 5.26 Å². The zero-order valence-corrected chi connectivity index (χ0v) is 8.49. The van der Waals surface area contributed by atoms with Crippen molar-refractivity contribution in [1.82, 2.24) is 15.8 Å². The number of nitrogens with one attached hydrogen (secondary N) is 3. The summed E-state index contributed by atoms with van der Waals surface area (Å²) in [5.74, 6) is 0. The molecule has 0 spiro atoms. The summed E-state index contributed by atoms with van der Waals surface area (Å²) in [6.45, 7) is 0. The van der Waals surface area contributed by atoms with Gasteiger partial charge in [-0.1, -0.05) is 18.2 Å². The first-order chi connectivity index (χ1) is 7.84. The number of hydrazine groups is 1. The highest BCUT2D eigenvalue weighted by Gasteiger charge is 2.33. The normalized spacial score (nSPS) is 23.2. The first kappa shape index (κ1) is 9.01. The van der Waals surface area contributed by atoms with Crippen LogP contribution in [0.1, 0.15) is 5.69 Å². The molecule has 3 rings (SSSR count). The molecule has 0 saturated carbocycles. The minimum absolute atomic E-state index is 0.793. The van der Waals surface area contributed by atoms with Crippen LogP contribution in [0.3, 0.4) is 0 Å². The number of benzene rings is 1. The van der Waals surface area contributed by atoms with Gasteiger partial charge in [0.25, 0.3) is 0 Å². The first-order valence-corrected chi connectivity index (χ1v) is 5.04. The van der Waals surface area contributed by atoms with Crippen LogP contribution in [0.5, 0.6) is 0 Å². The maximum absolute atomic E-state index is 9.27. The van der Waals surface area contributed by atoms with Crippen LogP contribution in [-0.2, 0) is 5.54 Å². The first-order valence-electron chi connectivity index (χ1n) is 5.04. The van der Waals surface area contributed by atoms with Crippen molar-refractivity contribution >= 4 is 10.9 Å². The Hall–Kier alpha value is -2.25. The molecule has 1 aromatic heterocycles. The standard InChI is InChI=1S/C12H10N4/c13-8-12(5-6-14-16-12)11-7-9-3-1-2-4-10(9)15-11/h1-7,14-16H. The molecular weight excluding hydrogens is 200 g/mol. The molecule has 0 bridgehead atoms. The molecule has 1 aliphatic rings. The summed E-state index contributed by atoms with van der Waals surface area (Å²) in [5.41, 5.74) is 6.87. The summed E-state index contributed by atoms with van der Waals surface area (Å²) in [5, 5.41) is 10.4. The Kier molecular flexibility index (Phi) is 1.76. The lowest BCUT2D eigenvalue weighted by molar-refractivity contribution is 0.504. The Morgan fingerprint density at radius 1 is 1.25 bits per heavy atom. The second-order valence-electron chi connectivity index (χ2n) is 3.79. The van der Waals surface area contributed by atoms with Gasteiger partial charge in [0.2, 0.25) is 0 Å². The molecule has 4 nitrogen and oxygen atoms in total. The van der Waals surface area contributed by atoms with E-state index in [4.69, 9.17) is 0 Å².